The van der Waals surface area contributed by atoms with Crippen LogP contribution in [0.15, 0.2) is 37.8 Å². The summed E-state index contributed by atoms with van der Waals surface area (Å²) < 4.78 is 32.8. The molecule has 0 aliphatic heterocycles. The highest BCUT2D eigenvalue weighted by Crippen LogP contribution is 2.26. The van der Waals surface area contributed by atoms with Crippen LogP contribution in [0.1, 0.15) is 11.3 Å². The third kappa shape index (κ3) is 4.40. The van der Waals surface area contributed by atoms with E-state index in [2.05, 4.69) is 37.2 Å². The first-order chi connectivity index (χ1) is 9.04. The molecule has 102 valence electrons. The maximum atomic E-state index is 13.0. The van der Waals surface area contributed by atoms with Crippen LogP contribution in [-0.2, 0) is 13.0 Å². The van der Waals surface area contributed by atoms with Crippen LogP contribution in [0.2, 0.25) is 0 Å². The molecule has 0 aliphatic rings. The molecule has 2 aromatic rings. The monoisotopic (exact) mass is 393 g/mol. The minimum Gasteiger partial charge on any atom is -0.452 e. The molecule has 0 fully saturated rings. The fraction of sp³-hybridized carbons (Fsp3) is 0.231. The number of hydrogen-bond donors (Lipinski definition) is 1. The number of nitrogens with one attached hydrogen (secondary N) is 1. The Kier molecular flexibility index (Phi) is 5.13. The maximum absolute atomic E-state index is 13.0. The molecule has 2 rings (SSSR count). The summed E-state index contributed by atoms with van der Waals surface area (Å²) in [5.74, 6) is -0.313. The predicted molar refractivity (Wildman–Crippen MR) is 75.9 cm³/mol. The van der Waals surface area contributed by atoms with E-state index in [1.807, 2.05) is 6.07 Å². The van der Waals surface area contributed by atoms with Crippen molar-refractivity contribution in [3.63, 3.8) is 0 Å². The molecule has 0 saturated heterocycles. The number of rotatable bonds is 5. The number of halogens is 4. The molecule has 0 spiro atoms. The Labute approximate surface area is 126 Å². The summed E-state index contributed by atoms with van der Waals surface area (Å²) in [7, 11) is 0. The molecule has 0 amide bonds. The normalized spacial score (nSPS) is 10.9. The van der Waals surface area contributed by atoms with Crippen LogP contribution in [0.3, 0.4) is 0 Å². The highest BCUT2D eigenvalue weighted by atomic mass is 79.9. The molecule has 2 nitrogen and oxygen atoms in total. The minimum atomic E-state index is -0.547. The van der Waals surface area contributed by atoms with Gasteiger partial charge in [-0.2, -0.15) is 0 Å². The molecule has 1 aromatic carbocycles. The van der Waals surface area contributed by atoms with Gasteiger partial charge in [-0.3, -0.25) is 0 Å². The lowest BCUT2D eigenvalue weighted by Crippen LogP contribution is -2.16. The molecule has 19 heavy (non-hydrogen) atoms. The Morgan fingerprint density at radius 1 is 1.05 bits per heavy atom. The summed E-state index contributed by atoms with van der Waals surface area (Å²) >= 11 is 6.58. The van der Waals surface area contributed by atoms with Gasteiger partial charge in [-0.25, -0.2) is 8.78 Å². The van der Waals surface area contributed by atoms with Gasteiger partial charge in [0.15, 0.2) is 4.67 Å². The van der Waals surface area contributed by atoms with Crippen molar-refractivity contribution < 1.29 is 13.2 Å². The largest absolute Gasteiger partial charge is 0.452 e. The van der Waals surface area contributed by atoms with Crippen molar-refractivity contribution in [1.29, 1.82) is 0 Å². The average molecular weight is 395 g/mol. The van der Waals surface area contributed by atoms with E-state index in [0.717, 1.165) is 16.3 Å². The molecule has 1 aromatic heterocycles. The topological polar surface area (TPSA) is 25.2 Å². The van der Waals surface area contributed by atoms with Gasteiger partial charge in [-0.15, -0.1) is 0 Å². The Balaban J connectivity index is 1.80. The zero-order valence-electron chi connectivity index (χ0n) is 9.85. The third-order valence-corrected chi connectivity index (χ3v) is 4.22. The van der Waals surface area contributed by atoms with Crippen LogP contribution in [-0.4, -0.2) is 6.54 Å². The molecular weight excluding hydrogens is 384 g/mol. The lowest BCUT2D eigenvalue weighted by molar-refractivity contribution is 0.465. The highest BCUT2D eigenvalue weighted by molar-refractivity contribution is 9.13. The molecule has 0 unspecified atom stereocenters. The van der Waals surface area contributed by atoms with Gasteiger partial charge in [0, 0.05) is 6.07 Å². The number of hydrogen-bond acceptors (Lipinski definition) is 2. The van der Waals surface area contributed by atoms with E-state index < -0.39 is 11.6 Å². The van der Waals surface area contributed by atoms with Crippen molar-refractivity contribution in [2.24, 2.45) is 0 Å². The Bertz CT molecular complexity index is 532. The fourth-order valence-electron chi connectivity index (χ4n) is 1.68. The van der Waals surface area contributed by atoms with Crippen LogP contribution in [0.4, 0.5) is 8.78 Å². The second-order valence-corrected chi connectivity index (χ2v) is 5.61. The first-order valence-corrected chi connectivity index (χ1v) is 7.22. The standard InChI is InChI=1S/C13H11Br2F2NO/c14-12-6-11(19-13(12)15)7-18-2-1-8-3-9(16)5-10(17)4-8/h3-6,18H,1-2,7H2. The van der Waals surface area contributed by atoms with E-state index in [0.29, 0.717) is 29.7 Å². The summed E-state index contributed by atoms with van der Waals surface area (Å²) in [4.78, 5) is 0. The summed E-state index contributed by atoms with van der Waals surface area (Å²) in [6, 6.07) is 5.41. The van der Waals surface area contributed by atoms with E-state index in [-0.39, 0.29) is 0 Å². The van der Waals surface area contributed by atoms with Crippen molar-refractivity contribution >= 4 is 31.9 Å². The van der Waals surface area contributed by atoms with Gasteiger partial charge in [-0.05, 0) is 68.6 Å². The Hall–Kier alpha value is -0.720. The van der Waals surface area contributed by atoms with Crippen LogP contribution in [0, 0.1) is 11.6 Å². The molecule has 1 N–H and O–H groups in total. The van der Waals surface area contributed by atoms with Gasteiger partial charge in [0.25, 0.3) is 0 Å². The molecule has 0 aliphatic carbocycles. The third-order valence-electron chi connectivity index (χ3n) is 2.51. The molecule has 0 atom stereocenters. The van der Waals surface area contributed by atoms with Crippen LogP contribution in [0.25, 0.3) is 0 Å². The molecule has 0 radical (unpaired) electrons. The first-order valence-electron chi connectivity index (χ1n) is 5.64. The minimum absolute atomic E-state index is 0.547. The van der Waals surface area contributed by atoms with E-state index >= 15 is 0 Å². The van der Waals surface area contributed by atoms with E-state index in [9.17, 15) is 8.78 Å². The fourth-order valence-corrected chi connectivity index (χ4v) is 2.34. The predicted octanol–water partition coefficient (Wildman–Crippen LogP) is 4.42. The van der Waals surface area contributed by atoms with Crippen LogP contribution >= 0.6 is 31.9 Å². The highest BCUT2D eigenvalue weighted by Gasteiger charge is 2.05. The zero-order valence-corrected chi connectivity index (χ0v) is 13.0. The second kappa shape index (κ2) is 6.63. The molecule has 6 heteroatoms. The Morgan fingerprint density at radius 2 is 1.74 bits per heavy atom. The van der Waals surface area contributed by atoms with Crippen molar-refractivity contribution in [2.75, 3.05) is 6.54 Å². The number of furan rings is 1. The van der Waals surface area contributed by atoms with Crippen molar-refractivity contribution in [3.05, 3.63) is 56.4 Å². The molecular formula is C13H11Br2F2NO. The van der Waals surface area contributed by atoms with Crippen LogP contribution in [0.5, 0.6) is 0 Å². The van der Waals surface area contributed by atoms with Crippen molar-refractivity contribution in [3.8, 4) is 0 Å². The van der Waals surface area contributed by atoms with Gasteiger partial charge in [0.2, 0.25) is 0 Å². The van der Waals surface area contributed by atoms with E-state index in [1.165, 1.54) is 12.1 Å². The molecule has 1 heterocycles. The molecule has 0 bridgehead atoms. The average Bonchev–Trinajstić information content (AvgIpc) is 2.63. The summed E-state index contributed by atoms with van der Waals surface area (Å²) in [5, 5.41) is 3.15. The van der Waals surface area contributed by atoms with Crippen molar-refractivity contribution in [1.82, 2.24) is 5.32 Å². The smallest absolute Gasteiger partial charge is 0.183 e. The summed E-state index contributed by atoms with van der Waals surface area (Å²) in [6.45, 7) is 1.17. The summed E-state index contributed by atoms with van der Waals surface area (Å²) in [6.07, 6.45) is 0.553. The summed E-state index contributed by atoms with van der Waals surface area (Å²) in [5.41, 5.74) is 0.631. The van der Waals surface area contributed by atoms with Crippen LogP contribution < -0.4 is 5.32 Å². The molecule has 0 saturated carbocycles. The van der Waals surface area contributed by atoms with Crippen molar-refractivity contribution in [2.45, 2.75) is 13.0 Å². The van der Waals surface area contributed by atoms with Gasteiger partial charge in [0.05, 0.1) is 11.0 Å². The van der Waals surface area contributed by atoms with Gasteiger partial charge in [-0.1, -0.05) is 0 Å². The zero-order chi connectivity index (χ0) is 13.8. The Morgan fingerprint density at radius 3 is 2.32 bits per heavy atom. The van der Waals surface area contributed by atoms with Gasteiger partial charge >= 0.3 is 0 Å². The van der Waals surface area contributed by atoms with Gasteiger partial charge in [0.1, 0.15) is 17.4 Å². The SMILES string of the molecule is Fc1cc(F)cc(CCNCc2cc(Br)c(Br)o2)c1. The number of benzene rings is 1. The maximum Gasteiger partial charge on any atom is 0.183 e. The lowest BCUT2D eigenvalue weighted by Gasteiger charge is -2.04. The van der Waals surface area contributed by atoms with E-state index in [1.54, 1.807) is 0 Å². The van der Waals surface area contributed by atoms with Gasteiger partial charge < -0.3 is 9.73 Å². The van der Waals surface area contributed by atoms with E-state index in [4.69, 9.17) is 4.42 Å². The lowest BCUT2D eigenvalue weighted by atomic mass is 10.1. The second-order valence-electron chi connectivity index (χ2n) is 4.04. The quantitative estimate of drug-likeness (QED) is 0.759. The first kappa shape index (κ1) is 14.7.